The van der Waals surface area contributed by atoms with Crippen molar-refractivity contribution < 1.29 is 9.59 Å². The normalized spacial score (nSPS) is 19.2. The van der Waals surface area contributed by atoms with Crippen molar-refractivity contribution in [1.29, 1.82) is 0 Å². The van der Waals surface area contributed by atoms with Gasteiger partial charge in [0.05, 0.1) is 6.54 Å². The predicted octanol–water partition coefficient (Wildman–Crippen LogP) is 2.81. The molecular weight excluding hydrogens is 264 g/mol. The van der Waals surface area contributed by atoms with Crippen LogP contribution in [0.25, 0.3) is 0 Å². The molecular formula is C14H17ClN2O2. The van der Waals surface area contributed by atoms with Crippen LogP contribution in [0.15, 0.2) is 24.3 Å². The maximum absolute atomic E-state index is 12.2. The number of urea groups is 1. The van der Waals surface area contributed by atoms with Crippen molar-refractivity contribution in [2.45, 2.75) is 32.9 Å². The number of carbonyl (C=O) groups is 2. The van der Waals surface area contributed by atoms with E-state index in [1.807, 2.05) is 26.0 Å². The van der Waals surface area contributed by atoms with Crippen LogP contribution in [0.2, 0.25) is 5.02 Å². The molecule has 1 atom stereocenters. The molecule has 0 spiro atoms. The van der Waals surface area contributed by atoms with E-state index in [4.69, 9.17) is 11.6 Å². The highest BCUT2D eigenvalue weighted by atomic mass is 35.5. The van der Waals surface area contributed by atoms with E-state index in [-0.39, 0.29) is 18.5 Å². The van der Waals surface area contributed by atoms with Crippen LogP contribution in [0, 0.1) is 5.92 Å². The van der Waals surface area contributed by atoms with E-state index in [0.29, 0.717) is 17.4 Å². The van der Waals surface area contributed by atoms with Gasteiger partial charge in [-0.15, -0.1) is 0 Å². The van der Waals surface area contributed by atoms with Gasteiger partial charge in [-0.1, -0.05) is 37.6 Å². The summed E-state index contributed by atoms with van der Waals surface area (Å²) in [6, 6.07) is 6.46. The molecule has 102 valence electrons. The zero-order valence-electron chi connectivity index (χ0n) is 11.0. The Bertz CT molecular complexity index is 502. The van der Waals surface area contributed by atoms with Gasteiger partial charge in [0.1, 0.15) is 6.04 Å². The second-order valence-corrected chi connectivity index (χ2v) is 5.62. The number of carbonyl (C=O) groups excluding carboxylic acids is 2. The SMILES string of the molecule is CC(C)CC1NC(=O)N(Cc2cccc(Cl)c2)C1=O. The molecule has 1 aliphatic rings. The number of hydrogen-bond acceptors (Lipinski definition) is 2. The number of benzene rings is 1. The minimum absolute atomic E-state index is 0.154. The average Bonchev–Trinajstić information content (AvgIpc) is 2.56. The monoisotopic (exact) mass is 280 g/mol. The lowest BCUT2D eigenvalue weighted by atomic mass is 10.0. The number of amides is 3. The second kappa shape index (κ2) is 5.61. The van der Waals surface area contributed by atoms with E-state index < -0.39 is 6.04 Å². The molecule has 1 N–H and O–H groups in total. The van der Waals surface area contributed by atoms with Crippen molar-refractivity contribution in [3.63, 3.8) is 0 Å². The van der Waals surface area contributed by atoms with Gasteiger partial charge in [0, 0.05) is 5.02 Å². The summed E-state index contributed by atoms with van der Waals surface area (Å²) in [7, 11) is 0. The molecule has 0 radical (unpaired) electrons. The summed E-state index contributed by atoms with van der Waals surface area (Å²) in [6.07, 6.45) is 0.663. The average molecular weight is 281 g/mol. The molecule has 0 saturated carbocycles. The standard InChI is InChI=1S/C14H17ClN2O2/c1-9(2)6-12-13(18)17(14(19)16-12)8-10-4-3-5-11(15)7-10/h3-5,7,9,12H,6,8H2,1-2H3,(H,16,19). The van der Waals surface area contributed by atoms with Crippen molar-refractivity contribution in [1.82, 2.24) is 10.2 Å². The highest BCUT2D eigenvalue weighted by Gasteiger charge is 2.37. The number of rotatable bonds is 4. The molecule has 1 saturated heterocycles. The molecule has 0 bridgehead atoms. The molecule has 1 fully saturated rings. The Kier molecular flexibility index (Phi) is 4.10. The van der Waals surface area contributed by atoms with Crippen LogP contribution in [0.5, 0.6) is 0 Å². The van der Waals surface area contributed by atoms with Crippen LogP contribution in [0.1, 0.15) is 25.8 Å². The van der Waals surface area contributed by atoms with Crippen molar-refractivity contribution in [2.75, 3.05) is 0 Å². The topological polar surface area (TPSA) is 49.4 Å². The van der Waals surface area contributed by atoms with E-state index in [1.165, 1.54) is 4.90 Å². The number of nitrogens with zero attached hydrogens (tertiary/aromatic N) is 1. The molecule has 19 heavy (non-hydrogen) atoms. The highest BCUT2D eigenvalue weighted by molar-refractivity contribution is 6.30. The van der Waals surface area contributed by atoms with Crippen molar-refractivity contribution in [3.8, 4) is 0 Å². The summed E-state index contributed by atoms with van der Waals surface area (Å²) in [5, 5.41) is 3.32. The Labute approximate surface area is 117 Å². The molecule has 1 aromatic carbocycles. The maximum Gasteiger partial charge on any atom is 0.325 e. The van der Waals surface area contributed by atoms with Crippen molar-refractivity contribution in [2.24, 2.45) is 5.92 Å². The summed E-state index contributed by atoms with van der Waals surface area (Å²) in [5.41, 5.74) is 0.848. The Balaban J connectivity index is 2.08. The van der Waals surface area contributed by atoms with Gasteiger partial charge in [-0.25, -0.2) is 4.79 Å². The molecule has 1 aliphatic heterocycles. The van der Waals surface area contributed by atoms with E-state index in [0.717, 1.165) is 5.56 Å². The molecule has 1 aromatic rings. The Morgan fingerprint density at radius 2 is 2.11 bits per heavy atom. The van der Waals surface area contributed by atoms with E-state index in [2.05, 4.69) is 5.32 Å². The third-order valence-electron chi connectivity index (χ3n) is 3.04. The molecule has 4 nitrogen and oxygen atoms in total. The third-order valence-corrected chi connectivity index (χ3v) is 3.28. The summed E-state index contributed by atoms with van der Waals surface area (Å²) in [5.74, 6) is 0.207. The summed E-state index contributed by atoms with van der Waals surface area (Å²) in [4.78, 5) is 25.2. The zero-order chi connectivity index (χ0) is 14.0. The lowest BCUT2D eigenvalue weighted by molar-refractivity contribution is -0.128. The second-order valence-electron chi connectivity index (χ2n) is 5.19. The van der Waals surface area contributed by atoms with Gasteiger partial charge in [-0.2, -0.15) is 0 Å². The highest BCUT2D eigenvalue weighted by Crippen LogP contribution is 2.18. The quantitative estimate of drug-likeness (QED) is 0.862. The largest absolute Gasteiger partial charge is 0.326 e. The molecule has 3 amide bonds. The lowest BCUT2D eigenvalue weighted by Crippen LogP contribution is -2.31. The van der Waals surface area contributed by atoms with Gasteiger partial charge in [0.15, 0.2) is 0 Å². The minimum atomic E-state index is -0.397. The first kappa shape index (κ1) is 13.9. The molecule has 5 heteroatoms. The summed E-state index contributed by atoms with van der Waals surface area (Å²) < 4.78 is 0. The van der Waals surface area contributed by atoms with Crippen LogP contribution in [-0.2, 0) is 11.3 Å². The number of hydrogen-bond donors (Lipinski definition) is 1. The molecule has 1 unspecified atom stereocenters. The molecule has 2 rings (SSSR count). The minimum Gasteiger partial charge on any atom is -0.326 e. The van der Waals surface area contributed by atoms with Crippen LogP contribution in [0.3, 0.4) is 0 Å². The van der Waals surface area contributed by atoms with Crippen LogP contribution < -0.4 is 5.32 Å². The van der Waals surface area contributed by atoms with Gasteiger partial charge >= 0.3 is 6.03 Å². The van der Waals surface area contributed by atoms with E-state index in [1.54, 1.807) is 12.1 Å². The van der Waals surface area contributed by atoms with Gasteiger partial charge in [-0.05, 0) is 30.0 Å². The maximum atomic E-state index is 12.2. The Morgan fingerprint density at radius 1 is 1.37 bits per heavy atom. The summed E-state index contributed by atoms with van der Waals surface area (Å²) in [6.45, 7) is 4.32. The smallest absolute Gasteiger partial charge is 0.325 e. The number of halogens is 1. The fourth-order valence-electron chi connectivity index (χ4n) is 2.18. The third kappa shape index (κ3) is 3.26. The van der Waals surface area contributed by atoms with Crippen molar-refractivity contribution in [3.05, 3.63) is 34.9 Å². The predicted molar refractivity (Wildman–Crippen MR) is 73.8 cm³/mol. The summed E-state index contributed by atoms with van der Waals surface area (Å²) >= 11 is 5.90. The Hall–Kier alpha value is -1.55. The lowest BCUT2D eigenvalue weighted by Gasteiger charge is -2.14. The van der Waals surface area contributed by atoms with Crippen molar-refractivity contribution >= 4 is 23.5 Å². The number of nitrogens with one attached hydrogen (secondary N) is 1. The van der Waals surface area contributed by atoms with Gasteiger partial charge in [0.25, 0.3) is 5.91 Å². The zero-order valence-corrected chi connectivity index (χ0v) is 11.8. The van der Waals surface area contributed by atoms with Gasteiger partial charge in [0.2, 0.25) is 0 Å². The molecule has 0 aliphatic carbocycles. The number of imide groups is 1. The first-order valence-electron chi connectivity index (χ1n) is 6.33. The first-order chi connectivity index (χ1) is 8.97. The van der Waals surface area contributed by atoms with Crippen LogP contribution in [-0.4, -0.2) is 22.9 Å². The van der Waals surface area contributed by atoms with Crippen LogP contribution in [0.4, 0.5) is 4.79 Å². The fraction of sp³-hybridized carbons (Fsp3) is 0.429. The van der Waals surface area contributed by atoms with Crippen LogP contribution >= 0.6 is 11.6 Å². The van der Waals surface area contributed by atoms with Gasteiger partial charge in [-0.3, -0.25) is 9.69 Å². The Morgan fingerprint density at radius 3 is 2.74 bits per heavy atom. The van der Waals surface area contributed by atoms with Gasteiger partial charge < -0.3 is 5.32 Å². The molecule has 0 aromatic heterocycles. The van der Waals surface area contributed by atoms with E-state index >= 15 is 0 Å². The molecule has 1 heterocycles. The first-order valence-corrected chi connectivity index (χ1v) is 6.71. The fourth-order valence-corrected chi connectivity index (χ4v) is 2.39. The van der Waals surface area contributed by atoms with E-state index in [9.17, 15) is 9.59 Å².